The van der Waals surface area contributed by atoms with Crippen molar-refractivity contribution in [1.82, 2.24) is 5.32 Å². The molecule has 0 aromatic heterocycles. The van der Waals surface area contributed by atoms with Crippen molar-refractivity contribution < 1.29 is 0 Å². The van der Waals surface area contributed by atoms with Gasteiger partial charge in [-0.05, 0) is 44.2 Å². The maximum atomic E-state index is 5.95. The summed E-state index contributed by atoms with van der Waals surface area (Å²) in [6.45, 7) is 2.39. The molecule has 0 bridgehead atoms. The molecule has 0 aromatic carbocycles. The Hall–Kier alpha value is -0.0800. The highest BCUT2D eigenvalue weighted by molar-refractivity contribution is 4.91. The van der Waals surface area contributed by atoms with Crippen LogP contribution in [0.15, 0.2) is 0 Å². The first kappa shape index (κ1) is 6.62. The Kier molecular flexibility index (Phi) is 1.66. The number of nitrogens with two attached hydrogens (primary N) is 1. The summed E-state index contributed by atoms with van der Waals surface area (Å²) in [6.07, 6.45) is 4.00. The Morgan fingerprint density at radius 3 is 2.90 bits per heavy atom. The van der Waals surface area contributed by atoms with Gasteiger partial charge in [-0.1, -0.05) is 0 Å². The summed E-state index contributed by atoms with van der Waals surface area (Å²) < 4.78 is 0. The second-order valence-electron chi connectivity index (χ2n) is 3.66. The Morgan fingerprint density at radius 1 is 1.20 bits per heavy atom. The number of hydrogen-bond donors (Lipinski definition) is 2. The van der Waals surface area contributed by atoms with Crippen LogP contribution in [0.25, 0.3) is 0 Å². The third-order valence-electron chi connectivity index (χ3n) is 3.10. The molecule has 3 N–H and O–H groups in total. The Labute approximate surface area is 62.2 Å². The molecule has 1 saturated carbocycles. The van der Waals surface area contributed by atoms with Gasteiger partial charge in [-0.25, -0.2) is 0 Å². The van der Waals surface area contributed by atoms with Gasteiger partial charge in [-0.3, -0.25) is 0 Å². The van der Waals surface area contributed by atoms with Crippen LogP contribution in [0.2, 0.25) is 0 Å². The molecule has 2 aliphatic rings. The van der Waals surface area contributed by atoms with Crippen LogP contribution in [0.5, 0.6) is 0 Å². The van der Waals surface area contributed by atoms with E-state index < -0.39 is 0 Å². The molecule has 10 heavy (non-hydrogen) atoms. The predicted molar refractivity (Wildman–Crippen MR) is 41.7 cm³/mol. The fourth-order valence-corrected chi connectivity index (χ4v) is 2.42. The summed E-state index contributed by atoms with van der Waals surface area (Å²) in [5.74, 6) is 1.75. The van der Waals surface area contributed by atoms with E-state index in [1.54, 1.807) is 0 Å². The van der Waals surface area contributed by atoms with Crippen molar-refractivity contribution in [2.75, 3.05) is 13.1 Å². The lowest BCUT2D eigenvalue weighted by atomic mass is 9.88. The zero-order valence-electron chi connectivity index (χ0n) is 6.34. The molecule has 2 rings (SSSR count). The van der Waals surface area contributed by atoms with Crippen molar-refractivity contribution in [3.05, 3.63) is 0 Å². The molecule has 2 heteroatoms. The van der Waals surface area contributed by atoms with E-state index in [0.717, 1.165) is 11.8 Å². The van der Waals surface area contributed by atoms with Gasteiger partial charge in [0.1, 0.15) is 0 Å². The Morgan fingerprint density at radius 2 is 2.10 bits per heavy atom. The van der Waals surface area contributed by atoms with Gasteiger partial charge < -0.3 is 11.1 Å². The molecule has 1 heterocycles. The zero-order valence-corrected chi connectivity index (χ0v) is 6.34. The van der Waals surface area contributed by atoms with Crippen molar-refractivity contribution in [3.8, 4) is 0 Å². The van der Waals surface area contributed by atoms with Crippen LogP contribution in [-0.2, 0) is 0 Å². The van der Waals surface area contributed by atoms with Crippen molar-refractivity contribution >= 4 is 0 Å². The first-order valence-corrected chi connectivity index (χ1v) is 4.34. The molecule has 1 saturated heterocycles. The number of fused-ring (bicyclic) bond motifs is 1. The van der Waals surface area contributed by atoms with Crippen molar-refractivity contribution in [2.24, 2.45) is 17.6 Å². The van der Waals surface area contributed by atoms with Crippen LogP contribution in [0.1, 0.15) is 19.3 Å². The van der Waals surface area contributed by atoms with E-state index in [4.69, 9.17) is 5.73 Å². The molecule has 2 fully saturated rings. The number of nitrogens with one attached hydrogen (secondary N) is 1. The lowest BCUT2D eigenvalue weighted by molar-refractivity contribution is 0.278. The van der Waals surface area contributed by atoms with Gasteiger partial charge in [0.05, 0.1) is 0 Å². The lowest BCUT2D eigenvalue weighted by Crippen LogP contribution is -2.41. The molecular weight excluding hydrogens is 124 g/mol. The monoisotopic (exact) mass is 140 g/mol. The molecular formula is C8H16N2. The number of piperidine rings is 1. The van der Waals surface area contributed by atoms with Crippen LogP contribution >= 0.6 is 0 Å². The van der Waals surface area contributed by atoms with Gasteiger partial charge in [0.2, 0.25) is 0 Å². The first-order valence-electron chi connectivity index (χ1n) is 4.34. The molecule has 1 aliphatic heterocycles. The van der Waals surface area contributed by atoms with E-state index >= 15 is 0 Å². The summed E-state index contributed by atoms with van der Waals surface area (Å²) in [5, 5.41) is 3.41. The molecule has 0 spiro atoms. The largest absolute Gasteiger partial charge is 0.327 e. The van der Waals surface area contributed by atoms with Gasteiger partial charge in [-0.2, -0.15) is 0 Å². The van der Waals surface area contributed by atoms with Gasteiger partial charge >= 0.3 is 0 Å². The van der Waals surface area contributed by atoms with E-state index in [9.17, 15) is 0 Å². The molecule has 0 radical (unpaired) electrons. The maximum Gasteiger partial charge on any atom is 0.00820 e. The highest BCUT2D eigenvalue weighted by Gasteiger charge is 2.34. The Balaban J connectivity index is 2.01. The van der Waals surface area contributed by atoms with Crippen LogP contribution in [0.3, 0.4) is 0 Å². The summed E-state index contributed by atoms with van der Waals surface area (Å²) in [6, 6.07) is 0.498. The quantitative estimate of drug-likeness (QED) is 0.509. The molecule has 1 aliphatic carbocycles. The van der Waals surface area contributed by atoms with Gasteiger partial charge in [0.25, 0.3) is 0 Å². The minimum absolute atomic E-state index is 0.498. The number of hydrogen-bond acceptors (Lipinski definition) is 2. The highest BCUT2D eigenvalue weighted by atomic mass is 14.9. The molecule has 2 nitrogen and oxygen atoms in total. The lowest BCUT2D eigenvalue weighted by Gasteiger charge is -2.28. The summed E-state index contributed by atoms with van der Waals surface area (Å²) in [5.41, 5.74) is 5.95. The van der Waals surface area contributed by atoms with Crippen LogP contribution in [-0.4, -0.2) is 19.1 Å². The molecule has 58 valence electrons. The minimum Gasteiger partial charge on any atom is -0.327 e. The maximum absolute atomic E-state index is 5.95. The van der Waals surface area contributed by atoms with E-state index in [0.29, 0.717) is 6.04 Å². The minimum atomic E-state index is 0.498. The average molecular weight is 140 g/mol. The summed E-state index contributed by atoms with van der Waals surface area (Å²) in [7, 11) is 0. The molecule has 0 unspecified atom stereocenters. The topological polar surface area (TPSA) is 38.0 Å². The van der Waals surface area contributed by atoms with E-state index in [-0.39, 0.29) is 0 Å². The fourth-order valence-electron chi connectivity index (χ4n) is 2.42. The second kappa shape index (κ2) is 2.51. The third-order valence-corrected chi connectivity index (χ3v) is 3.10. The SMILES string of the molecule is N[C@@H]1CC[C@@H]2CCNC[C@@H]21. The highest BCUT2D eigenvalue weighted by Crippen LogP contribution is 2.34. The summed E-state index contributed by atoms with van der Waals surface area (Å²) >= 11 is 0. The average Bonchev–Trinajstić information content (AvgIpc) is 2.34. The summed E-state index contributed by atoms with van der Waals surface area (Å²) in [4.78, 5) is 0. The first-order chi connectivity index (χ1) is 4.88. The molecule has 0 amide bonds. The molecule has 0 aromatic rings. The predicted octanol–water partition coefficient (Wildman–Crippen LogP) is 0.333. The Bertz CT molecular complexity index is 122. The van der Waals surface area contributed by atoms with E-state index in [2.05, 4.69) is 5.32 Å². The van der Waals surface area contributed by atoms with E-state index in [1.807, 2.05) is 0 Å². The smallest absolute Gasteiger partial charge is 0.00820 e. The van der Waals surface area contributed by atoms with Crippen LogP contribution in [0, 0.1) is 11.8 Å². The van der Waals surface area contributed by atoms with Gasteiger partial charge in [-0.15, -0.1) is 0 Å². The zero-order chi connectivity index (χ0) is 6.97. The van der Waals surface area contributed by atoms with Crippen molar-refractivity contribution in [3.63, 3.8) is 0 Å². The third kappa shape index (κ3) is 0.956. The van der Waals surface area contributed by atoms with Gasteiger partial charge in [0.15, 0.2) is 0 Å². The van der Waals surface area contributed by atoms with Gasteiger partial charge in [0, 0.05) is 6.04 Å². The number of rotatable bonds is 0. The van der Waals surface area contributed by atoms with Crippen LogP contribution < -0.4 is 11.1 Å². The second-order valence-corrected chi connectivity index (χ2v) is 3.66. The van der Waals surface area contributed by atoms with E-state index in [1.165, 1.54) is 32.4 Å². The normalized spacial score (nSPS) is 47.1. The van der Waals surface area contributed by atoms with Crippen molar-refractivity contribution in [1.29, 1.82) is 0 Å². The fraction of sp³-hybridized carbons (Fsp3) is 1.00. The standard InChI is InChI=1S/C8H16N2/c9-8-2-1-6-3-4-10-5-7(6)8/h6-8,10H,1-5,9H2/t6-,7+,8-/m1/s1. The molecule has 3 atom stereocenters. The van der Waals surface area contributed by atoms with Crippen molar-refractivity contribution in [2.45, 2.75) is 25.3 Å². The van der Waals surface area contributed by atoms with Crippen LogP contribution in [0.4, 0.5) is 0 Å².